The highest BCUT2D eigenvalue weighted by Gasteiger charge is 2.20. The summed E-state index contributed by atoms with van der Waals surface area (Å²) in [7, 11) is 6.71. The third-order valence-electron chi connectivity index (χ3n) is 5.15. The molecule has 0 bridgehead atoms. The van der Waals surface area contributed by atoms with Crippen molar-refractivity contribution in [3.63, 3.8) is 0 Å². The van der Waals surface area contributed by atoms with Crippen LogP contribution in [-0.4, -0.2) is 49.2 Å². The van der Waals surface area contributed by atoms with Crippen molar-refractivity contribution >= 4 is 28.8 Å². The number of fused-ring (bicyclic) bond motifs is 1. The van der Waals surface area contributed by atoms with Gasteiger partial charge in [0, 0.05) is 26.2 Å². The number of nitrogens with zero attached hydrogens (tertiary/aromatic N) is 4. The zero-order chi connectivity index (χ0) is 23.4. The number of nitrogens with one attached hydrogen (secondary N) is 1. The van der Waals surface area contributed by atoms with E-state index >= 15 is 0 Å². The Hall–Kier alpha value is -4.20. The van der Waals surface area contributed by atoms with Gasteiger partial charge in [0.25, 0.3) is 0 Å². The number of rotatable bonds is 7. The largest absolute Gasteiger partial charge is 0.497 e. The second-order valence-electron chi connectivity index (χ2n) is 7.58. The number of carbonyl (C=O) groups excluding carboxylic acids is 1. The smallest absolute Gasteiger partial charge is 0.356 e. The summed E-state index contributed by atoms with van der Waals surface area (Å²) < 4.78 is 10.2. The second-order valence-corrected chi connectivity index (χ2v) is 7.58. The van der Waals surface area contributed by atoms with E-state index in [0.29, 0.717) is 29.3 Å². The predicted octanol–water partition coefficient (Wildman–Crippen LogP) is 4.17. The predicted molar refractivity (Wildman–Crippen MR) is 129 cm³/mol. The standard InChI is InChI=1S/C25H25N5O3/c1-30(2)23-22-21(28-25(29-23)26-15-16-8-6-5-7-9-16)19(14-20(27-22)24(31)33-4)17-10-12-18(32-3)13-11-17/h5-14H,15H2,1-4H3,(H,26,28,29). The van der Waals surface area contributed by atoms with Gasteiger partial charge in [0.1, 0.15) is 22.5 Å². The Morgan fingerprint density at radius 1 is 0.939 bits per heavy atom. The minimum atomic E-state index is -0.525. The minimum Gasteiger partial charge on any atom is -0.497 e. The van der Waals surface area contributed by atoms with Crippen molar-refractivity contribution in [3.8, 4) is 16.9 Å². The summed E-state index contributed by atoms with van der Waals surface area (Å²) in [4.78, 5) is 28.2. The number of aromatic nitrogens is 3. The van der Waals surface area contributed by atoms with Crippen LogP contribution in [0.25, 0.3) is 22.2 Å². The number of hydrogen-bond donors (Lipinski definition) is 1. The summed E-state index contributed by atoms with van der Waals surface area (Å²) in [5.74, 6) is 1.27. The van der Waals surface area contributed by atoms with Crippen LogP contribution in [0, 0.1) is 0 Å². The maximum Gasteiger partial charge on any atom is 0.356 e. The number of pyridine rings is 1. The molecule has 8 heteroatoms. The van der Waals surface area contributed by atoms with Crippen LogP contribution < -0.4 is 15.0 Å². The van der Waals surface area contributed by atoms with Crippen molar-refractivity contribution in [2.75, 3.05) is 38.5 Å². The number of ether oxygens (including phenoxy) is 2. The lowest BCUT2D eigenvalue weighted by molar-refractivity contribution is 0.0594. The van der Waals surface area contributed by atoms with E-state index in [9.17, 15) is 4.79 Å². The highest BCUT2D eigenvalue weighted by atomic mass is 16.5. The van der Waals surface area contributed by atoms with Crippen LogP contribution in [0.5, 0.6) is 5.75 Å². The summed E-state index contributed by atoms with van der Waals surface area (Å²) in [6, 6.07) is 19.3. The molecule has 2 heterocycles. The topological polar surface area (TPSA) is 89.5 Å². The molecule has 33 heavy (non-hydrogen) atoms. The lowest BCUT2D eigenvalue weighted by Crippen LogP contribution is -2.16. The molecule has 0 aliphatic heterocycles. The molecular weight excluding hydrogens is 418 g/mol. The van der Waals surface area contributed by atoms with Crippen LogP contribution >= 0.6 is 0 Å². The first-order valence-corrected chi connectivity index (χ1v) is 10.4. The van der Waals surface area contributed by atoms with E-state index in [1.807, 2.05) is 73.6 Å². The number of methoxy groups -OCH3 is 2. The van der Waals surface area contributed by atoms with E-state index in [1.54, 1.807) is 13.2 Å². The molecule has 2 aromatic heterocycles. The normalized spacial score (nSPS) is 10.7. The lowest BCUT2D eigenvalue weighted by Gasteiger charge is -2.18. The highest BCUT2D eigenvalue weighted by Crippen LogP contribution is 2.33. The Kier molecular flexibility index (Phi) is 6.35. The third-order valence-corrected chi connectivity index (χ3v) is 5.15. The zero-order valence-corrected chi connectivity index (χ0v) is 19.0. The van der Waals surface area contributed by atoms with Gasteiger partial charge < -0.3 is 19.7 Å². The van der Waals surface area contributed by atoms with Crippen molar-refractivity contribution in [3.05, 3.63) is 71.9 Å². The second kappa shape index (κ2) is 9.52. The zero-order valence-electron chi connectivity index (χ0n) is 19.0. The quantitative estimate of drug-likeness (QED) is 0.426. The molecule has 0 spiro atoms. The number of carbonyl (C=O) groups is 1. The van der Waals surface area contributed by atoms with Crippen LogP contribution in [0.4, 0.5) is 11.8 Å². The summed E-state index contributed by atoms with van der Waals surface area (Å²) in [6.07, 6.45) is 0. The van der Waals surface area contributed by atoms with Gasteiger partial charge in [-0.05, 0) is 29.3 Å². The molecule has 8 nitrogen and oxygen atoms in total. The first-order chi connectivity index (χ1) is 16.0. The fraction of sp³-hybridized carbons (Fsp3) is 0.200. The average Bonchev–Trinajstić information content (AvgIpc) is 2.86. The molecule has 0 amide bonds. The maximum atomic E-state index is 12.4. The first-order valence-electron chi connectivity index (χ1n) is 10.4. The molecule has 4 rings (SSSR count). The van der Waals surface area contributed by atoms with Gasteiger partial charge in [0.15, 0.2) is 5.82 Å². The van der Waals surface area contributed by atoms with Gasteiger partial charge in [0.2, 0.25) is 5.95 Å². The molecule has 0 unspecified atom stereocenters. The number of benzene rings is 2. The first kappa shape index (κ1) is 22.0. The van der Waals surface area contributed by atoms with E-state index < -0.39 is 5.97 Å². The van der Waals surface area contributed by atoms with E-state index in [1.165, 1.54) is 7.11 Å². The summed E-state index contributed by atoms with van der Waals surface area (Å²) in [5, 5.41) is 3.31. The molecule has 2 aromatic carbocycles. The Labute approximate surface area is 192 Å². The van der Waals surface area contributed by atoms with Crippen LogP contribution in [0.15, 0.2) is 60.7 Å². The van der Waals surface area contributed by atoms with Gasteiger partial charge in [0.05, 0.1) is 14.2 Å². The van der Waals surface area contributed by atoms with Crippen molar-refractivity contribution in [2.45, 2.75) is 6.54 Å². The molecule has 0 saturated heterocycles. The molecule has 0 aliphatic rings. The Balaban J connectivity index is 1.89. The number of anilines is 2. The lowest BCUT2D eigenvalue weighted by atomic mass is 10.0. The Morgan fingerprint density at radius 2 is 1.67 bits per heavy atom. The fourth-order valence-corrected chi connectivity index (χ4v) is 3.46. The SMILES string of the molecule is COC(=O)c1cc(-c2ccc(OC)cc2)c2nc(NCc3ccccc3)nc(N(C)C)c2n1. The van der Waals surface area contributed by atoms with E-state index in [0.717, 1.165) is 22.4 Å². The van der Waals surface area contributed by atoms with Gasteiger partial charge in [-0.15, -0.1) is 0 Å². The van der Waals surface area contributed by atoms with Gasteiger partial charge >= 0.3 is 5.97 Å². The van der Waals surface area contributed by atoms with Gasteiger partial charge in [-0.1, -0.05) is 42.5 Å². The molecule has 1 N–H and O–H groups in total. The van der Waals surface area contributed by atoms with Crippen molar-refractivity contribution in [1.82, 2.24) is 15.0 Å². The molecule has 0 saturated carbocycles. The summed E-state index contributed by atoms with van der Waals surface area (Å²) in [5.41, 5.74) is 4.05. The van der Waals surface area contributed by atoms with Crippen molar-refractivity contribution < 1.29 is 14.3 Å². The van der Waals surface area contributed by atoms with E-state index in [4.69, 9.17) is 14.5 Å². The fourth-order valence-electron chi connectivity index (χ4n) is 3.46. The van der Waals surface area contributed by atoms with E-state index in [2.05, 4.69) is 15.3 Å². The molecular formula is C25H25N5O3. The Bertz CT molecular complexity index is 1270. The molecule has 168 valence electrons. The summed E-state index contributed by atoms with van der Waals surface area (Å²) >= 11 is 0. The van der Waals surface area contributed by atoms with E-state index in [-0.39, 0.29) is 5.69 Å². The average molecular weight is 444 g/mol. The highest BCUT2D eigenvalue weighted by molar-refractivity contribution is 6.01. The van der Waals surface area contributed by atoms with Gasteiger partial charge in [-0.25, -0.2) is 14.8 Å². The third kappa shape index (κ3) is 4.69. The van der Waals surface area contributed by atoms with Gasteiger partial charge in [-0.2, -0.15) is 4.98 Å². The molecule has 0 radical (unpaired) electrons. The van der Waals surface area contributed by atoms with Crippen LogP contribution in [0.2, 0.25) is 0 Å². The molecule has 0 fully saturated rings. The van der Waals surface area contributed by atoms with Crippen LogP contribution in [-0.2, 0) is 11.3 Å². The maximum absolute atomic E-state index is 12.4. The summed E-state index contributed by atoms with van der Waals surface area (Å²) in [6.45, 7) is 0.574. The van der Waals surface area contributed by atoms with Crippen molar-refractivity contribution in [1.29, 1.82) is 0 Å². The molecule has 0 atom stereocenters. The molecule has 0 aliphatic carbocycles. The number of hydrogen-bond acceptors (Lipinski definition) is 8. The van der Waals surface area contributed by atoms with Crippen LogP contribution in [0.1, 0.15) is 16.1 Å². The van der Waals surface area contributed by atoms with Crippen molar-refractivity contribution in [2.24, 2.45) is 0 Å². The van der Waals surface area contributed by atoms with Crippen LogP contribution in [0.3, 0.4) is 0 Å². The number of esters is 1. The minimum absolute atomic E-state index is 0.188. The monoisotopic (exact) mass is 443 g/mol. The molecule has 4 aromatic rings. The van der Waals surface area contributed by atoms with Gasteiger partial charge in [-0.3, -0.25) is 0 Å². The Morgan fingerprint density at radius 3 is 2.30 bits per heavy atom.